The lowest BCUT2D eigenvalue weighted by Gasteiger charge is -2.11. The van der Waals surface area contributed by atoms with Crippen LogP contribution in [-0.2, 0) is 4.79 Å². The third kappa shape index (κ3) is 3.93. The first-order valence-corrected chi connectivity index (χ1v) is 10.7. The number of amides is 1. The van der Waals surface area contributed by atoms with Gasteiger partial charge >= 0.3 is 0 Å². The highest BCUT2D eigenvalue weighted by molar-refractivity contribution is 6.31. The van der Waals surface area contributed by atoms with Gasteiger partial charge in [-0.2, -0.15) is 10.1 Å². The van der Waals surface area contributed by atoms with E-state index in [2.05, 4.69) is 15.4 Å². The van der Waals surface area contributed by atoms with E-state index in [4.69, 9.17) is 25.8 Å². The number of rotatable bonds is 5. The SMILES string of the molecule is Cc1c(Cl)cccc1-n1nc(C)c2c(C)cc(OCC(=O)Nc3ccc4c(c3)OCO4)nc21. The predicted octanol–water partition coefficient (Wildman–Crippen LogP) is 4.75. The summed E-state index contributed by atoms with van der Waals surface area (Å²) in [6, 6.07) is 12.7. The maximum atomic E-state index is 12.4. The third-order valence-corrected chi connectivity index (χ3v) is 5.87. The zero-order valence-corrected chi connectivity index (χ0v) is 19.1. The van der Waals surface area contributed by atoms with E-state index in [-0.39, 0.29) is 19.3 Å². The first kappa shape index (κ1) is 21.1. The second kappa shape index (κ2) is 8.29. The Morgan fingerprint density at radius 1 is 1.15 bits per heavy atom. The minimum Gasteiger partial charge on any atom is -0.467 e. The maximum Gasteiger partial charge on any atom is 0.262 e. The van der Waals surface area contributed by atoms with Crippen molar-refractivity contribution >= 4 is 34.2 Å². The number of nitrogens with one attached hydrogen (secondary N) is 1. The number of halogens is 1. The summed E-state index contributed by atoms with van der Waals surface area (Å²) in [6.45, 7) is 5.82. The minimum absolute atomic E-state index is 0.175. The van der Waals surface area contributed by atoms with Gasteiger partial charge in [0.15, 0.2) is 23.8 Å². The molecule has 9 heteroatoms. The average molecular weight is 465 g/mol. The third-order valence-electron chi connectivity index (χ3n) is 5.46. The first-order chi connectivity index (χ1) is 15.9. The molecule has 0 fully saturated rings. The smallest absolute Gasteiger partial charge is 0.262 e. The van der Waals surface area contributed by atoms with Crippen molar-refractivity contribution < 1.29 is 19.0 Å². The van der Waals surface area contributed by atoms with E-state index in [1.165, 1.54) is 0 Å². The Balaban J connectivity index is 1.38. The highest BCUT2D eigenvalue weighted by Gasteiger charge is 2.18. The van der Waals surface area contributed by atoms with Crippen LogP contribution < -0.4 is 19.5 Å². The van der Waals surface area contributed by atoms with Crippen molar-refractivity contribution in [2.75, 3.05) is 18.7 Å². The van der Waals surface area contributed by atoms with E-state index in [1.54, 1.807) is 28.9 Å². The van der Waals surface area contributed by atoms with Gasteiger partial charge in [-0.15, -0.1) is 0 Å². The second-order valence-electron chi connectivity index (χ2n) is 7.76. The molecule has 0 radical (unpaired) electrons. The van der Waals surface area contributed by atoms with Crippen LogP contribution in [-0.4, -0.2) is 34.1 Å². The Labute approximate surface area is 195 Å². The monoisotopic (exact) mass is 464 g/mol. The Morgan fingerprint density at radius 3 is 2.82 bits per heavy atom. The lowest BCUT2D eigenvalue weighted by molar-refractivity contribution is -0.118. The molecule has 4 aromatic rings. The van der Waals surface area contributed by atoms with E-state index < -0.39 is 0 Å². The molecule has 0 saturated heterocycles. The van der Waals surface area contributed by atoms with Crippen LogP contribution in [0.4, 0.5) is 5.69 Å². The van der Waals surface area contributed by atoms with Crippen LogP contribution in [0.15, 0.2) is 42.5 Å². The number of carbonyl (C=O) groups excluding carboxylic acids is 1. The van der Waals surface area contributed by atoms with Gasteiger partial charge in [-0.3, -0.25) is 4.79 Å². The number of ether oxygens (including phenoxy) is 3. The van der Waals surface area contributed by atoms with Crippen LogP contribution in [0.5, 0.6) is 17.4 Å². The van der Waals surface area contributed by atoms with Gasteiger partial charge in [0, 0.05) is 28.2 Å². The largest absolute Gasteiger partial charge is 0.467 e. The number of anilines is 1. The molecule has 0 aliphatic carbocycles. The van der Waals surface area contributed by atoms with Crippen LogP contribution in [0.3, 0.4) is 0 Å². The molecular formula is C24H21ClN4O4. The summed E-state index contributed by atoms with van der Waals surface area (Å²) in [6.07, 6.45) is 0. The Bertz CT molecular complexity index is 1400. The molecule has 1 amide bonds. The van der Waals surface area contributed by atoms with E-state index >= 15 is 0 Å². The molecule has 0 bridgehead atoms. The molecule has 0 atom stereocenters. The van der Waals surface area contributed by atoms with Crippen molar-refractivity contribution in [2.24, 2.45) is 0 Å². The van der Waals surface area contributed by atoms with E-state index in [0.717, 1.165) is 27.9 Å². The molecule has 33 heavy (non-hydrogen) atoms. The molecule has 8 nitrogen and oxygen atoms in total. The molecule has 1 aliphatic rings. The molecule has 1 N–H and O–H groups in total. The van der Waals surface area contributed by atoms with Crippen molar-refractivity contribution in [3.8, 4) is 23.1 Å². The maximum absolute atomic E-state index is 12.4. The number of pyridine rings is 1. The summed E-state index contributed by atoms with van der Waals surface area (Å²) < 4.78 is 18.1. The molecule has 2 aromatic heterocycles. The van der Waals surface area contributed by atoms with Crippen molar-refractivity contribution in [3.63, 3.8) is 0 Å². The zero-order chi connectivity index (χ0) is 23.1. The fourth-order valence-corrected chi connectivity index (χ4v) is 4.02. The van der Waals surface area contributed by atoms with Gasteiger partial charge in [-0.05, 0) is 56.2 Å². The highest BCUT2D eigenvalue weighted by atomic mass is 35.5. The van der Waals surface area contributed by atoms with Crippen LogP contribution >= 0.6 is 11.6 Å². The number of benzene rings is 2. The van der Waals surface area contributed by atoms with Gasteiger partial charge in [0.1, 0.15) is 0 Å². The molecule has 3 heterocycles. The van der Waals surface area contributed by atoms with Crippen LogP contribution in [0.2, 0.25) is 5.02 Å². The number of aromatic nitrogens is 3. The molecular weight excluding hydrogens is 444 g/mol. The lowest BCUT2D eigenvalue weighted by Crippen LogP contribution is -2.20. The van der Waals surface area contributed by atoms with Gasteiger partial charge in [-0.25, -0.2) is 4.68 Å². The minimum atomic E-state index is -0.316. The van der Waals surface area contributed by atoms with Crippen molar-refractivity contribution in [2.45, 2.75) is 20.8 Å². The van der Waals surface area contributed by atoms with Crippen LogP contribution in [0.1, 0.15) is 16.8 Å². The molecule has 1 aliphatic heterocycles. The molecule has 5 rings (SSSR count). The van der Waals surface area contributed by atoms with E-state index in [1.807, 2.05) is 39.0 Å². The average Bonchev–Trinajstić information content (AvgIpc) is 3.38. The summed E-state index contributed by atoms with van der Waals surface area (Å²) in [5.41, 5.74) is 4.78. The topological polar surface area (TPSA) is 87.5 Å². The first-order valence-electron chi connectivity index (χ1n) is 10.4. The zero-order valence-electron chi connectivity index (χ0n) is 18.3. The highest BCUT2D eigenvalue weighted by Crippen LogP contribution is 2.34. The number of carbonyl (C=O) groups is 1. The number of aryl methyl sites for hydroxylation is 2. The second-order valence-corrected chi connectivity index (χ2v) is 8.17. The van der Waals surface area contributed by atoms with Gasteiger partial charge in [0.25, 0.3) is 5.91 Å². The summed E-state index contributed by atoms with van der Waals surface area (Å²) in [4.78, 5) is 17.1. The van der Waals surface area contributed by atoms with Crippen molar-refractivity contribution in [1.29, 1.82) is 0 Å². The molecule has 0 spiro atoms. The van der Waals surface area contributed by atoms with Gasteiger partial charge in [0.2, 0.25) is 12.7 Å². The van der Waals surface area contributed by atoms with Crippen molar-refractivity contribution in [1.82, 2.24) is 14.8 Å². The van der Waals surface area contributed by atoms with E-state index in [0.29, 0.717) is 33.7 Å². The van der Waals surface area contributed by atoms with Gasteiger partial charge < -0.3 is 19.5 Å². The van der Waals surface area contributed by atoms with Crippen LogP contribution in [0, 0.1) is 20.8 Å². The number of nitrogens with zero attached hydrogens (tertiary/aromatic N) is 3. The number of hydrogen-bond acceptors (Lipinski definition) is 6. The molecule has 168 valence electrons. The van der Waals surface area contributed by atoms with E-state index in [9.17, 15) is 4.79 Å². The van der Waals surface area contributed by atoms with Gasteiger partial charge in [-0.1, -0.05) is 17.7 Å². The van der Waals surface area contributed by atoms with Crippen molar-refractivity contribution in [3.05, 3.63) is 64.3 Å². The summed E-state index contributed by atoms with van der Waals surface area (Å²) in [7, 11) is 0. The van der Waals surface area contributed by atoms with Crippen LogP contribution in [0.25, 0.3) is 16.7 Å². The number of fused-ring (bicyclic) bond motifs is 2. The fourth-order valence-electron chi connectivity index (χ4n) is 3.85. The quantitative estimate of drug-likeness (QED) is 0.458. The summed E-state index contributed by atoms with van der Waals surface area (Å²) in [5, 5.41) is 9.06. The standard InChI is InChI=1S/C24H21ClN4O4/c1-13-9-22(31-11-21(30)26-16-7-8-19-20(10-16)33-12-32-19)27-24-23(13)15(3)28-29(24)18-6-4-5-17(25)14(18)2/h4-10H,11-12H2,1-3H3,(H,26,30). The summed E-state index contributed by atoms with van der Waals surface area (Å²) in [5.74, 6) is 1.26. The Hall–Kier alpha value is -3.78. The Kier molecular flexibility index (Phi) is 5.30. The summed E-state index contributed by atoms with van der Waals surface area (Å²) >= 11 is 6.32. The molecule has 2 aromatic carbocycles. The lowest BCUT2D eigenvalue weighted by atomic mass is 10.1. The predicted molar refractivity (Wildman–Crippen MR) is 125 cm³/mol. The van der Waals surface area contributed by atoms with Gasteiger partial charge in [0.05, 0.1) is 11.4 Å². The molecule has 0 saturated carbocycles. The molecule has 0 unspecified atom stereocenters. The Morgan fingerprint density at radius 2 is 1.97 bits per heavy atom. The number of hydrogen-bond donors (Lipinski definition) is 1. The normalized spacial score (nSPS) is 12.2. The fraction of sp³-hybridized carbons (Fsp3) is 0.208.